The standard InChI is InChI=1S/C23H24N2O4S2/c1-4-14-25-20-13-8-17(5-2)16-21(20)30-23(25)24-22(26)7-6-15-31(27,28)19-11-9-18(29-3)10-12-19/h1,8-13,16H,5-7,14-15H2,2-3H3. The van der Waals surface area contributed by atoms with Crippen LogP contribution in [0.4, 0.5) is 0 Å². The van der Waals surface area contributed by atoms with Gasteiger partial charge in [0.1, 0.15) is 5.75 Å². The second-order valence-electron chi connectivity index (χ2n) is 6.93. The largest absolute Gasteiger partial charge is 0.497 e. The topological polar surface area (TPSA) is 77.7 Å². The number of ether oxygens (including phenoxy) is 1. The maximum Gasteiger partial charge on any atom is 0.248 e. The SMILES string of the molecule is C#CCn1c(=NC(=O)CCCS(=O)(=O)c2ccc(OC)cc2)sc2cc(CC)ccc21. The maximum absolute atomic E-state index is 12.5. The molecule has 0 fully saturated rings. The Morgan fingerprint density at radius 1 is 1.23 bits per heavy atom. The Morgan fingerprint density at radius 3 is 2.61 bits per heavy atom. The zero-order valence-electron chi connectivity index (χ0n) is 17.5. The van der Waals surface area contributed by atoms with E-state index < -0.39 is 9.84 Å². The van der Waals surface area contributed by atoms with Gasteiger partial charge >= 0.3 is 0 Å². The number of benzene rings is 2. The molecule has 0 atom stereocenters. The highest BCUT2D eigenvalue weighted by molar-refractivity contribution is 7.91. The first kappa shape index (κ1) is 22.8. The highest BCUT2D eigenvalue weighted by Gasteiger charge is 2.15. The van der Waals surface area contributed by atoms with Gasteiger partial charge in [0, 0.05) is 6.42 Å². The summed E-state index contributed by atoms with van der Waals surface area (Å²) >= 11 is 1.41. The van der Waals surface area contributed by atoms with Crippen molar-refractivity contribution in [2.75, 3.05) is 12.9 Å². The Balaban J connectivity index is 1.74. The van der Waals surface area contributed by atoms with E-state index in [1.807, 2.05) is 16.7 Å². The Kier molecular flexibility index (Phi) is 7.31. The van der Waals surface area contributed by atoms with Gasteiger partial charge in [-0.05, 0) is 54.8 Å². The molecule has 1 heterocycles. The number of hydrogen-bond acceptors (Lipinski definition) is 5. The lowest BCUT2D eigenvalue weighted by molar-refractivity contribution is -0.118. The van der Waals surface area contributed by atoms with Gasteiger partial charge in [-0.1, -0.05) is 30.2 Å². The van der Waals surface area contributed by atoms with E-state index in [0.717, 1.165) is 16.6 Å². The number of terminal acetylenes is 1. The van der Waals surface area contributed by atoms with Gasteiger partial charge in [-0.15, -0.1) is 6.42 Å². The minimum atomic E-state index is -3.48. The summed E-state index contributed by atoms with van der Waals surface area (Å²) in [5.74, 6) is 2.70. The van der Waals surface area contributed by atoms with Crippen molar-refractivity contribution in [3.8, 4) is 18.1 Å². The van der Waals surface area contributed by atoms with E-state index in [9.17, 15) is 13.2 Å². The fourth-order valence-corrected chi connectivity index (χ4v) is 5.57. The molecule has 6 nitrogen and oxygen atoms in total. The van der Waals surface area contributed by atoms with Crippen LogP contribution in [-0.2, 0) is 27.6 Å². The molecule has 1 aromatic heterocycles. The predicted molar refractivity (Wildman–Crippen MR) is 123 cm³/mol. The summed E-state index contributed by atoms with van der Waals surface area (Å²) in [7, 11) is -1.96. The van der Waals surface area contributed by atoms with Gasteiger partial charge in [-0.25, -0.2) is 8.42 Å². The average molecular weight is 457 g/mol. The number of rotatable bonds is 8. The van der Waals surface area contributed by atoms with Crippen LogP contribution in [0.25, 0.3) is 10.2 Å². The van der Waals surface area contributed by atoms with Crippen molar-refractivity contribution >= 4 is 37.3 Å². The van der Waals surface area contributed by atoms with Crippen LogP contribution in [0.15, 0.2) is 52.4 Å². The average Bonchev–Trinajstić information content (AvgIpc) is 3.09. The molecule has 0 aliphatic heterocycles. The summed E-state index contributed by atoms with van der Waals surface area (Å²) < 4.78 is 32.9. The molecule has 0 radical (unpaired) electrons. The van der Waals surface area contributed by atoms with E-state index >= 15 is 0 Å². The van der Waals surface area contributed by atoms with Crippen LogP contribution < -0.4 is 9.54 Å². The van der Waals surface area contributed by atoms with E-state index in [-0.39, 0.29) is 29.4 Å². The molecule has 3 aromatic rings. The Hall–Kier alpha value is -2.89. The quantitative estimate of drug-likeness (QED) is 0.486. The van der Waals surface area contributed by atoms with Gasteiger partial charge in [0.15, 0.2) is 14.6 Å². The molecule has 31 heavy (non-hydrogen) atoms. The summed E-state index contributed by atoms with van der Waals surface area (Å²) in [5, 5.41) is 0. The van der Waals surface area contributed by atoms with Crippen LogP contribution in [0, 0.1) is 12.3 Å². The van der Waals surface area contributed by atoms with E-state index in [1.165, 1.54) is 36.1 Å². The van der Waals surface area contributed by atoms with Crippen LogP contribution in [0.2, 0.25) is 0 Å². The van der Waals surface area contributed by atoms with Crippen molar-refractivity contribution in [1.29, 1.82) is 0 Å². The zero-order valence-corrected chi connectivity index (χ0v) is 19.1. The van der Waals surface area contributed by atoms with Crippen molar-refractivity contribution in [2.45, 2.75) is 37.6 Å². The van der Waals surface area contributed by atoms with Crippen LogP contribution in [0.1, 0.15) is 25.3 Å². The van der Waals surface area contributed by atoms with Crippen molar-refractivity contribution in [3.63, 3.8) is 0 Å². The van der Waals surface area contributed by atoms with Crippen LogP contribution in [0.3, 0.4) is 0 Å². The summed E-state index contributed by atoms with van der Waals surface area (Å²) in [4.78, 5) is 17.4. The fourth-order valence-electron chi connectivity index (χ4n) is 3.14. The molecule has 0 spiro atoms. The fraction of sp³-hybridized carbons (Fsp3) is 0.304. The summed E-state index contributed by atoms with van der Waals surface area (Å²) in [6, 6.07) is 12.3. The van der Waals surface area contributed by atoms with Gasteiger partial charge in [0.2, 0.25) is 5.91 Å². The second-order valence-corrected chi connectivity index (χ2v) is 10.1. The molecular weight excluding hydrogens is 432 g/mol. The molecule has 3 rings (SSSR count). The molecule has 0 bridgehead atoms. The number of methoxy groups -OCH3 is 1. The smallest absolute Gasteiger partial charge is 0.248 e. The number of carbonyl (C=O) groups is 1. The first-order valence-electron chi connectivity index (χ1n) is 9.88. The first-order chi connectivity index (χ1) is 14.9. The third kappa shape index (κ3) is 5.43. The molecule has 0 saturated carbocycles. The van der Waals surface area contributed by atoms with Gasteiger partial charge in [0.25, 0.3) is 0 Å². The van der Waals surface area contributed by atoms with E-state index in [4.69, 9.17) is 11.2 Å². The van der Waals surface area contributed by atoms with Gasteiger partial charge < -0.3 is 9.30 Å². The van der Waals surface area contributed by atoms with Gasteiger partial charge in [0.05, 0.1) is 34.5 Å². The molecule has 8 heteroatoms. The molecule has 2 aromatic carbocycles. The minimum absolute atomic E-state index is 0.0416. The molecule has 0 N–H and O–H groups in total. The monoisotopic (exact) mass is 456 g/mol. The van der Waals surface area contributed by atoms with E-state index in [2.05, 4.69) is 23.9 Å². The number of amides is 1. The van der Waals surface area contributed by atoms with Crippen molar-refractivity contribution in [1.82, 2.24) is 4.57 Å². The Bertz CT molecular complexity index is 1290. The summed E-state index contributed by atoms with van der Waals surface area (Å²) in [6.07, 6.45) is 6.65. The van der Waals surface area contributed by atoms with Crippen LogP contribution in [-0.4, -0.2) is 31.8 Å². The lowest BCUT2D eigenvalue weighted by atomic mass is 10.2. The molecular formula is C23H24N2O4S2. The van der Waals surface area contributed by atoms with Gasteiger partial charge in [-0.2, -0.15) is 4.99 Å². The lowest BCUT2D eigenvalue weighted by Gasteiger charge is -2.05. The molecule has 162 valence electrons. The predicted octanol–water partition coefficient (Wildman–Crippen LogP) is 3.59. The number of hydrogen-bond donors (Lipinski definition) is 0. The lowest BCUT2D eigenvalue weighted by Crippen LogP contribution is -2.16. The number of thiazole rings is 1. The highest BCUT2D eigenvalue weighted by atomic mass is 32.2. The summed E-state index contributed by atoms with van der Waals surface area (Å²) in [6.45, 7) is 2.39. The number of carbonyl (C=O) groups excluding carboxylic acids is 1. The third-order valence-corrected chi connectivity index (χ3v) is 7.71. The number of nitrogens with zero attached hydrogens (tertiary/aromatic N) is 2. The van der Waals surface area contributed by atoms with Crippen molar-refractivity contribution in [3.05, 3.63) is 52.8 Å². The van der Waals surface area contributed by atoms with Gasteiger partial charge in [-0.3, -0.25) is 4.79 Å². The van der Waals surface area contributed by atoms with Crippen molar-refractivity contribution < 1.29 is 17.9 Å². The highest BCUT2D eigenvalue weighted by Crippen LogP contribution is 2.20. The normalized spacial score (nSPS) is 12.1. The molecule has 0 aliphatic rings. The summed E-state index contributed by atoms with van der Waals surface area (Å²) in [5.41, 5.74) is 2.14. The zero-order chi connectivity index (χ0) is 22.4. The number of aromatic nitrogens is 1. The molecule has 1 amide bonds. The van der Waals surface area contributed by atoms with Crippen LogP contribution in [0.5, 0.6) is 5.75 Å². The van der Waals surface area contributed by atoms with E-state index in [0.29, 0.717) is 17.1 Å². The molecule has 0 saturated heterocycles. The number of sulfone groups is 1. The Labute approximate surface area is 186 Å². The first-order valence-corrected chi connectivity index (χ1v) is 12.3. The van der Waals surface area contributed by atoms with Crippen molar-refractivity contribution in [2.24, 2.45) is 4.99 Å². The number of fused-ring (bicyclic) bond motifs is 1. The Morgan fingerprint density at radius 2 is 1.97 bits per heavy atom. The molecule has 0 aliphatic carbocycles. The third-order valence-electron chi connectivity index (χ3n) is 4.85. The number of aryl methyl sites for hydroxylation is 1. The van der Waals surface area contributed by atoms with E-state index in [1.54, 1.807) is 12.1 Å². The second kappa shape index (κ2) is 9.94. The van der Waals surface area contributed by atoms with Crippen LogP contribution >= 0.6 is 11.3 Å². The minimum Gasteiger partial charge on any atom is -0.497 e. The maximum atomic E-state index is 12.5. The molecule has 0 unspecified atom stereocenters.